The van der Waals surface area contributed by atoms with Crippen molar-refractivity contribution < 1.29 is 19.4 Å². The van der Waals surface area contributed by atoms with E-state index in [0.717, 1.165) is 0 Å². The molecule has 0 aromatic heterocycles. The molecule has 0 aromatic carbocycles. The monoisotopic (exact) mass is 173 g/mol. The van der Waals surface area contributed by atoms with Gasteiger partial charge >= 0.3 is 5.97 Å². The van der Waals surface area contributed by atoms with E-state index < -0.39 is 24.4 Å². The number of methoxy groups -OCH3 is 1. The van der Waals surface area contributed by atoms with E-state index in [1.54, 1.807) is 12.2 Å². The summed E-state index contributed by atoms with van der Waals surface area (Å²) in [6.07, 6.45) is 1.53. The highest BCUT2D eigenvalue weighted by Gasteiger charge is 2.30. The fraction of sp³-hybridized carbons (Fsp3) is 0.571. The van der Waals surface area contributed by atoms with Crippen molar-refractivity contribution >= 4 is 5.97 Å². The second-order valence-corrected chi connectivity index (χ2v) is 2.46. The lowest BCUT2D eigenvalue weighted by atomic mass is 10.1. The lowest BCUT2D eigenvalue weighted by molar-refractivity contribution is -0.174. The van der Waals surface area contributed by atoms with Gasteiger partial charge in [0.25, 0.3) is 0 Å². The fourth-order valence-corrected chi connectivity index (χ4v) is 0.957. The zero-order valence-electron chi connectivity index (χ0n) is 6.64. The fourth-order valence-electron chi connectivity index (χ4n) is 0.957. The molecule has 1 heterocycles. The van der Waals surface area contributed by atoms with Gasteiger partial charge in [-0.05, 0) is 6.08 Å². The van der Waals surface area contributed by atoms with Crippen LogP contribution in [0.15, 0.2) is 12.2 Å². The summed E-state index contributed by atoms with van der Waals surface area (Å²) in [5.74, 6) is -1.08. The number of rotatable bonds is 2. The Kier molecular flexibility index (Phi) is 2.80. The maximum absolute atomic E-state index is 10.5. The quantitative estimate of drug-likeness (QED) is 0.541. The van der Waals surface area contributed by atoms with Crippen molar-refractivity contribution in [3.05, 3.63) is 12.2 Å². The molecule has 0 amide bonds. The molecule has 1 rings (SSSR count). The van der Waals surface area contributed by atoms with Crippen LogP contribution >= 0.6 is 0 Å². The molecular weight excluding hydrogens is 162 g/mol. The molecule has 3 unspecified atom stereocenters. The minimum absolute atomic E-state index is 0.603. The molecule has 3 atom stereocenters. The van der Waals surface area contributed by atoms with Gasteiger partial charge in [-0.1, -0.05) is 6.08 Å². The first-order chi connectivity index (χ1) is 5.65. The summed E-state index contributed by atoms with van der Waals surface area (Å²) in [4.78, 5) is 10.5. The molecule has 0 fully saturated rings. The SMILES string of the molecule is COC1C=CC(N)C(C(=O)O)O1. The van der Waals surface area contributed by atoms with Crippen LogP contribution < -0.4 is 5.73 Å². The van der Waals surface area contributed by atoms with Crippen LogP contribution in [-0.2, 0) is 14.3 Å². The van der Waals surface area contributed by atoms with Crippen LogP contribution in [0.4, 0.5) is 0 Å². The highest BCUT2D eigenvalue weighted by molar-refractivity contribution is 5.74. The van der Waals surface area contributed by atoms with Crippen molar-refractivity contribution in [1.82, 2.24) is 0 Å². The summed E-state index contributed by atoms with van der Waals surface area (Å²) in [7, 11) is 1.44. The number of nitrogens with two attached hydrogens (primary N) is 1. The number of carbonyl (C=O) groups is 1. The molecule has 0 aromatic rings. The molecule has 5 heteroatoms. The maximum Gasteiger partial charge on any atom is 0.334 e. The second-order valence-electron chi connectivity index (χ2n) is 2.46. The van der Waals surface area contributed by atoms with Crippen molar-refractivity contribution in [2.75, 3.05) is 7.11 Å². The molecule has 0 bridgehead atoms. The molecule has 0 aliphatic carbocycles. The Labute approximate surface area is 69.8 Å². The molecule has 12 heavy (non-hydrogen) atoms. The topological polar surface area (TPSA) is 81.8 Å². The van der Waals surface area contributed by atoms with Crippen LogP contribution in [0.5, 0.6) is 0 Å². The Morgan fingerprint density at radius 2 is 2.33 bits per heavy atom. The largest absolute Gasteiger partial charge is 0.479 e. The number of hydrogen-bond acceptors (Lipinski definition) is 4. The van der Waals surface area contributed by atoms with Gasteiger partial charge in [0, 0.05) is 7.11 Å². The summed E-state index contributed by atoms with van der Waals surface area (Å²) in [5.41, 5.74) is 5.45. The predicted molar refractivity (Wildman–Crippen MR) is 40.4 cm³/mol. The maximum atomic E-state index is 10.5. The lowest BCUT2D eigenvalue weighted by Gasteiger charge is -2.26. The highest BCUT2D eigenvalue weighted by atomic mass is 16.7. The van der Waals surface area contributed by atoms with E-state index >= 15 is 0 Å². The zero-order chi connectivity index (χ0) is 9.14. The summed E-state index contributed by atoms with van der Waals surface area (Å²) >= 11 is 0. The van der Waals surface area contributed by atoms with E-state index in [9.17, 15) is 4.79 Å². The normalized spacial score (nSPS) is 35.0. The van der Waals surface area contributed by atoms with E-state index in [-0.39, 0.29) is 0 Å². The smallest absolute Gasteiger partial charge is 0.334 e. The zero-order valence-corrected chi connectivity index (χ0v) is 6.64. The first kappa shape index (κ1) is 9.18. The standard InChI is InChI=1S/C7H11NO4/c1-11-5-3-2-4(8)6(12-5)7(9)10/h2-6H,8H2,1H3,(H,9,10). The van der Waals surface area contributed by atoms with E-state index in [1.807, 2.05) is 0 Å². The Hall–Kier alpha value is -0.910. The van der Waals surface area contributed by atoms with Gasteiger partial charge in [-0.15, -0.1) is 0 Å². The second kappa shape index (κ2) is 3.66. The average molecular weight is 173 g/mol. The number of hydrogen-bond donors (Lipinski definition) is 2. The summed E-state index contributed by atoms with van der Waals surface area (Å²) in [5, 5.41) is 8.63. The number of carboxylic acid groups (broad SMARTS) is 1. The molecule has 5 nitrogen and oxygen atoms in total. The lowest BCUT2D eigenvalue weighted by Crippen LogP contribution is -2.46. The van der Waals surface area contributed by atoms with Crippen LogP contribution in [0, 0.1) is 0 Å². The van der Waals surface area contributed by atoms with Gasteiger partial charge in [0.2, 0.25) is 0 Å². The molecule has 0 saturated carbocycles. The third-order valence-corrected chi connectivity index (χ3v) is 1.60. The molecule has 1 aliphatic rings. The van der Waals surface area contributed by atoms with Crippen LogP contribution in [0.2, 0.25) is 0 Å². The molecule has 3 N–H and O–H groups in total. The molecule has 1 aliphatic heterocycles. The van der Waals surface area contributed by atoms with Gasteiger partial charge in [-0.2, -0.15) is 0 Å². The van der Waals surface area contributed by atoms with Gasteiger partial charge in [-0.3, -0.25) is 0 Å². The van der Waals surface area contributed by atoms with E-state index in [0.29, 0.717) is 0 Å². The van der Waals surface area contributed by atoms with Crippen molar-refractivity contribution in [2.45, 2.75) is 18.4 Å². The Balaban J connectivity index is 2.66. The van der Waals surface area contributed by atoms with Gasteiger partial charge in [0.1, 0.15) is 0 Å². The number of carboxylic acids is 1. The summed E-state index contributed by atoms with van der Waals surface area (Å²) in [6.45, 7) is 0. The first-order valence-electron chi connectivity index (χ1n) is 3.50. The van der Waals surface area contributed by atoms with Crippen LogP contribution in [0.25, 0.3) is 0 Å². The third kappa shape index (κ3) is 1.82. The molecule has 68 valence electrons. The summed E-state index contributed by atoms with van der Waals surface area (Å²) < 4.78 is 9.77. The van der Waals surface area contributed by atoms with Crippen LogP contribution in [0.1, 0.15) is 0 Å². The predicted octanol–water partition coefficient (Wildman–Crippen LogP) is -0.674. The third-order valence-electron chi connectivity index (χ3n) is 1.60. The van der Waals surface area contributed by atoms with E-state index in [1.165, 1.54) is 7.11 Å². The van der Waals surface area contributed by atoms with Crippen molar-refractivity contribution in [3.63, 3.8) is 0 Å². The van der Waals surface area contributed by atoms with Crippen molar-refractivity contribution in [2.24, 2.45) is 5.73 Å². The highest BCUT2D eigenvalue weighted by Crippen LogP contribution is 2.11. The minimum Gasteiger partial charge on any atom is -0.479 e. The molecule has 0 saturated heterocycles. The van der Waals surface area contributed by atoms with Gasteiger partial charge in [0.15, 0.2) is 12.4 Å². The Morgan fingerprint density at radius 1 is 1.67 bits per heavy atom. The van der Waals surface area contributed by atoms with Gasteiger partial charge in [0.05, 0.1) is 6.04 Å². The Morgan fingerprint density at radius 3 is 2.83 bits per heavy atom. The van der Waals surface area contributed by atoms with Gasteiger partial charge < -0.3 is 20.3 Å². The van der Waals surface area contributed by atoms with E-state index in [4.69, 9.17) is 20.3 Å². The van der Waals surface area contributed by atoms with Crippen molar-refractivity contribution in [1.29, 1.82) is 0 Å². The Bertz CT molecular complexity index is 204. The summed E-state index contributed by atoms with van der Waals surface area (Å²) in [6, 6.07) is -0.603. The van der Waals surface area contributed by atoms with Gasteiger partial charge in [-0.25, -0.2) is 4.79 Å². The molecule has 0 spiro atoms. The average Bonchev–Trinajstić information content (AvgIpc) is 2.05. The van der Waals surface area contributed by atoms with Crippen molar-refractivity contribution in [3.8, 4) is 0 Å². The number of aliphatic carboxylic acids is 1. The van der Waals surface area contributed by atoms with Crippen LogP contribution in [0.3, 0.4) is 0 Å². The minimum atomic E-state index is -1.08. The molecular formula is C7H11NO4. The van der Waals surface area contributed by atoms with Crippen LogP contribution in [-0.4, -0.2) is 36.6 Å². The van der Waals surface area contributed by atoms with E-state index in [2.05, 4.69) is 0 Å². The number of ether oxygens (including phenoxy) is 2. The molecule has 0 radical (unpaired) electrons. The first-order valence-corrected chi connectivity index (χ1v) is 3.50.